The number of methoxy groups -OCH3 is 1. The summed E-state index contributed by atoms with van der Waals surface area (Å²) < 4.78 is 10.0. The Morgan fingerprint density at radius 1 is 1.37 bits per heavy atom. The van der Waals surface area contributed by atoms with Crippen LogP contribution in [0.15, 0.2) is 24.3 Å². The fraction of sp³-hybridized carbons (Fsp3) is 0.500. The molecule has 0 saturated heterocycles. The molecule has 1 aliphatic rings. The molecule has 1 aromatic carbocycles. The van der Waals surface area contributed by atoms with Gasteiger partial charge in [-0.2, -0.15) is 0 Å². The van der Waals surface area contributed by atoms with Gasteiger partial charge in [-0.3, -0.25) is 4.79 Å². The summed E-state index contributed by atoms with van der Waals surface area (Å²) in [5.74, 6) is 0.489. The zero-order chi connectivity index (χ0) is 13.7. The van der Waals surface area contributed by atoms with Gasteiger partial charge in [0.25, 0.3) is 5.91 Å². The van der Waals surface area contributed by atoms with E-state index in [4.69, 9.17) is 9.47 Å². The largest absolute Gasteiger partial charge is 0.468 e. The van der Waals surface area contributed by atoms with Crippen LogP contribution >= 0.6 is 0 Å². The molecule has 1 fully saturated rings. The summed E-state index contributed by atoms with van der Waals surface area (Å²) in [7, 11) is 1.55. The Bertz CT molecular complexity index is 418. The topological polar surface area (TPSA) is 67.8 Å². The maximum Gasteiger partial charge on any atom is 0.251 e. The first kappa shape index (κ1) is 13.8. The van der Waals surface area contributed by atoms with Crippen LogP contribution in [0.4, 0.5) is 0 Å². The van der Waals surface area contributed by atoms with Gasteiger partial charge in [0.05, 0.1) is 12.1 Å². The van der Waals surface area contributed by atoms with Gasteiger partial charge >= 0.3 is 0 Å². The highest BCUT2D eigenvalue weighted by Crippen LogP contribution is 2.19. The number of hydrogen-bond donors (Lipinski definition) is 2. The summed E-state index contributed by atoms with van der Waals surface area (Å²) in [6, 6.07) is 6.71. The second-order valence-electron chi connectivity index (χ2n) is 4.65. The Morgan fingerprint density at radius 3 is 2.68 bits per heavy atom. The van der Waals surface area contributed by atoms with Crippen molar-refractivity contribution in [3.63, 3.8) is 0 Å². The highest BCUT2D eigenvalue weighted by molar-refractivity contribution is 5.94. The lowest BCUT2D eigenvalue weighted by Gasteiger charge is -2.16. The summed E-state index contributed by atoms with van der Waals surface area (Å²) in [6.07, 6.45) is 2.13. The van der Waals surface area contributed by atoms with Crippen molar-refractivity contribution >= 4 is 5.91 Å². The smallest absolute Gasteiger partial charge is 0.251 e. The molecule has 104 valence electrons. The molecule has 1 amide bonds. The number of amides is 1. The second kappa shape index (κ2) is 6.54. The number of ether oxygens (including phenoxy) is 2. The molecule has 1 aromatic rings. The molecule has 2 rings (SSSR count). The van der Waals surface area contributed by atoms with Crippen molar-refractivity contribution in [2.45, 2.75) is 31.4 Å². The molecule has 5 heteroatoms. The van der Waals surface area contributed by atoms with E-state index in [1.165, 1.54) is 0 Å². The van der Waals surface area contributed by atoms with E-state index in [0.717, 1.165) is 19.3 Å². The molecule has 19 heavy (non-hydrogen) atoms. The Balaban J connectivity index is 1.91. The molecule has 2 atom stereocenters. The molecule has 0 aliphatic heterocycles. The molecule has 2 N–H and O–H groups in total. The second-order valence-corrected chi connectivity index (χ2v) is 4.65. The third-order valence-corrected chi connectivity index (χ3v) is 3.26. The summed E-state index contributed by atoms with van der Waals surface area (Å²) in [4.78, 5) is 12.0. The zero-order valence-electron chi connectivity index (χ0n) is 11.0. The Kier molecular flexibility index (Phi) is 4.76. The van der Waals surface area contributed by atoms with Crippen LogP contribution in [0.5, 0.6) is 5.75 Å². The number of benzene rings is 1. The highest BCUT2D eigenvalue weighted by atomic mass is 16.7. The van der Waals surface area contributed by atoms with E-state index in [2.05, 4.69) is 5.32 Å². The van der Waals surface area contributed by atoms with Crippen LogP contribution in [0.2, 0.25) is 0 Å². The van der Waals surface area contributed by atoms with Crippen LogP contribution < -0.4 is 10.1 Å². The van der Waals surface area contributed by atoms with Gasteiger partial charge in [0.2, 0.25) is 0 Å². The van der Waals surface area contributed by atoms with Crippen molar-refractivity contribution in [3.8, 4) is 5.75 Å². The van der Waals surface area contributed by atoms with Crippen LogP contribution in [0.3, 0.4) is 0 Å². The predicted octanol–water partition coefficient (Wildman–Crippen LogP) is 1.31. The molecule has 0 radical (unpaired) electrons. The fourth-order valence-electron chi connectivity index (χ4n) is 2.19. The summed E-state index contributed by atoms with van der Waals surface area (Å²) in [5.41, 5.74) is 0.559. The van der Waals surface area contributed by atoms with Crippen molar-refractivity contribution < 1.29 is 19.4 Å². The summed E-state index contributed by atoms with van der Waals surface area (Å²) >= 11 is 0. The standard InChI is InChI=1S/C14H19NO4/c1-18-9-19-11-7-5-10(6-8-11)14(17)15-12-3-2-4-13(12)16/h5-8,12-13,16H,2-4,9H2,1H3,(H,15,17)/t12-,13-/m1/s1. The first-order valence-corrected chi connectivity index (χ1v) is 6.41. The lowest BCUT2D eigenvalue weighted by Crippen LogP contribution is -2.39. The van der Waals surface area contributed by atoms with Crippen molar-refractivity contribution in [2.75, 3.05) is 13.9 Å². The maximum absolute atomic E-state index is 12.0. The number of carbonyl (C=O) groups is 1. The van der Waals surface area contributed by atoms with Gasteiger partial charge in [0.1, 0.15) is 5.75 Å². The lowest BCUT2D eigenvalue weighted by molar-refractivity contribution is 0.0511. The first-order valence-electron chi connectivity index (χ1n) is 6.41. The average molecular weight is 265 g/mol. The minimum absolute atomic E-state index is 0.128. The fourth-order valence-corrected chi connectivity index (χ4v) is 2.19. The van der Waals surface area contributed by atoms with Gasteiger partial charge in [-0.25, -0.2) is 0 Å². The molecule has 0 spiro atoms. The van der Waals surface area contributed by atoms with Crippen LogP contribution in [-0.4, -0.2) is 37.1 Å². The molecule has 1 aliphatic carbocycles. The van der Waals surface area contributed by atoms with E-state index < -0.39 is 6.10 Å². The number of hydrogen-bond acceptors (Lipinski definition) is 4. The number of nitrogens with one attached hydrogen (secondary N) is 1. The van der Waals surface area contributed by atoms with Crippen LogP contribution in [-0.2, 0) is 4.74 Å². The molecular weight excluding hydrogens is 246 g/mol. The third-order valence-electron chi connectivity index (χ3n) is 3.26. The molecule has 1 saturated carbocycles. The van der Waals surface area contributed by atoms with Gasteiger partial charge in [0.15, 0.2) is 6.79 Å². The number of aliphatic hydroxyl groups is 1. The van der Waals surface area contributed by atoms with E-state index in [0.29, 0.717) is 11.3 Å². The Hall–Kier alpha value is -1.59. The average Bonchev–Trinajstić information content (AvgIpc) is 2.82. The minimum Gasteiger partial charge on any atom is -0.468 e. The van der Waals surface area contributed by atoms with Gasteiger partial charge in [-0.1, -0.05) is 0 Å². The zero-order valence-corrected chi connectivity index (χ0v) is 11.0. The first-order chi connectivity index (χ1) is 9.20. The van der Waals surface area contributed by atoms with Crippen LogP contribution in [0.25, 0.3) is 0 Å². The van der Waals surface area contributed by atoms with Crippen molar-refractivity contribution in [1.82, 2.24) is 5.32 Å². The normalized spacial score (nSPS) is 22.2. The molecule has 0 unspecified atom stereocenters. The quantitative estimate of drug-likeness (QED) is 0.788. The van der Waals surface area contributed by atoms with Gasteiger partial charge in [0, 0.05) is 12.7 Å². The molecule has 0 heterocycles. The SMILES string of the molecule is COCOc1ccc(C(=O)N[C@@H]2CCC[C@H]2O)cc1. The Morgan fingerprint density at radius 2 is 2.11 bits per heavy atom. The minimum atomic E-state index is -0.423. The summed E-state index contributed by atoms with van der Waals surface area (Å²) in [5, 5.41) is 12.5. The molecule has 0 aromatic heterocycles. The van der Waals surface area contributed by atoms with E-state index in [1.807, 2.05) is 0 Å². The lowest BCUT2D eigenvalue weighted by atomic mass is 10.1. The molecular formula is C14H19NO4. The van der Waals surface area contributed by atoms with Crippen LogP contribution in [0, 0.1) is 0 Å². The van der Waals surface area contributed by atoms with Crippen LogP contribution in [0.1, 0.15) is 29.6 Å². The third kappa shape index (κ3) is 3.68. The predicted molar refractivity (Wildman–Crippen MR) is 70.1 cm³/mol. The van der Waals surface area contributed by atoms with Crippen molar-refractivity contribution in [1.29, 1.82) is 0 Å². The van der Waals surface area contributed by atoms with Gasteiger partial charge < -0.3 is 19.9 Å². The monoisotopic (exact) mass is 265 g/mol. The number of carbonyl (C=O) groups excluding carboxylic acids is 1. The number of rotatable bonds is 5. The highest BCUT2D eigenvalue weighted by Gasteiger charge is 2.26. The molecule has 5 nitrogen and oxygen atoms in total. The Labute approximate surface area is 112 Å². The maximum atomic E-state index is 12.0. The van der Waals surface area contributed by atoms with Crippen molar-refractivity contribution in [3.05, 3.63) is 29.8 Å². The van der Waals surface area contributed by atoms with Gasteiger partial charge in [-0.15, -0.1) is 0 Å². The van der Waals surface area contributed by atoms with Gasteiger partial charge in [-0.05, 0) is 43.5 Å². The van der Waals surface area contributed by atoms with E-state index in [1.54, 1.807) is 31.4 Å². The number of aliphatic hydroxyl groups excluding tert-OH is 1. The van der Waals surface area contributed by atoms with E-state index >= 15 is 0 Å². The summed E-state index contributed by atoms with van der Waals surface area (Å²) in [6.45, 7) is 0.180. The molecule has 0 bridgehead atoms. The van der Waals surface area contributed by atoms with Crippen molar-refractivity contribution in [2.24, 2.45) is 0 Å². The van der Waals surface area contributed by atoms with E-state index in [-0.39, 0.29) is 18.7 Å². The van der Waals surface area contributed by atoms with E-state index in [9.17, 15) is 9.90 Å².